The maximum atomic E-state index is 10.8. The molecule has 1 heterocycles. The first-order chi connectivity index (χ1) is 15.2. The van der Waals surface area contributed by atoms with Crippen LogP contribution >= 0.6 is 0 Å². The van der Waals surface area contributed by atoms with Crippen LogP contribution in [0.15, 0.2) is 36.4 Å². The Morgan fingerprint density at radius 3 is 2.31 bits per heavy atom. The van der Waals surface area contributed by atoms with E-state index < -0.39 is 49.9 Å². The van der Waals surface area contributed by atoms with Crippen LogP contribution in [0.1, 0.15) is 16.7 Å². The number of hydrogen-bond donors (Lipinski definition) is 5. The Balaban J connectivity index is 1.72. The van der Waals surface area contributed by atoms with Gasteiger partial charge in [-0.25, -0.2) is 4.79 Å². The zero-order valence-electron chi connectivity index (χ0n) is 17.8. The molecule has 0 amide bonds. The predicted octanol–water partition coefficient (Wildman–Crippen LogP) is 0.750. The summed E-state index contributed by atoms with van der Waals surface area (Å²) in [5.41, 5.74) is 4.21. The number of aliphatic hydroxyl groups is 4. The molecule has 1 aliphatic rings. The minimum absolute atomic E-state index is 0.0638. The first-order valence-corrected chi connectivity index (χ1v) is 10.2. The fourth-order valence-corrected chi connectivity index (χ4v) is 3.70. The zero-order valence-corrected chi connectivity index (χ0v) is 17.8. The van der Waals surface area contributed by atoms with Crippen molar-refractivity contribution in [3.63, 3.8) is 0 Å². The van der Waals surface area contributed by atoms with Gasteiger partial charge in [0, 0.05) is 0 Å². The van der Waals surface area contributed by atoms with E-state index in [1.54, 1.807) is 0 Å². The van der Waals surface area contributed by atoms with Crippen LogP contribution in [0.4, 0.5) is 0 Å². The minimum atomic E-state index is -1.50. The van der Waals surface area contributed by atoms with Crippen molar-refractivity contribution in [3.8, 4) is 16.9 Å². The van der Waals surface area contributed by atoms with Gasteiger partial charge in [-0.15, -0.1) is 0 Å². The van der Waals surface area contributed by atoms with Crippen LogP contribution < -0.4 is 4.74 Å². The summed E-state index contributed by atoms with van der Waals surface area (Å²) in [7, 11) is 0. The number of ether oxygens (including phenoxy) is 3. The maximum Gasteiger partial charge on any atom is 0.341 e. The number of aliphatic hydroxyl groups excluding tert-OH is 4. The number of aryl methyl sites for hydroxylation is 2. The Labute approximate surface area is 185 Å². The topological polar surface area (TPSA) is 146 Å². The van der Waals surface area contributed by atoms with Gasteiger partial charge in [-0.1, -0.05) is 18.2 Å². The summed E-state index contributed by atoms with van der Waals surface area (Å²) >= 11 is 0. The van der Waals surface area contributed by atoms with E-state index in [1.807, 2.05) is 50.2 Å². The second-order valence-electron chi connectivity index (χ2n) is 7.83. The fraction of sp³-hybridized carbons (Fsp3) is 0.435. The molecule has 1 aliphatic heterocycles. The molecule has 1 saturated heterocycles. The molecule has 9 nitrogen and oxygen atoms in total. The van der Waals surface area contributed by atoms with Gasteiger partial charge in [0.1, 0.15) is 30.2 Å². The second-order valence-corrected chi connectivity index (χ2v) is 7.83. The van der Waals surface area contributed by atoms with Gasteiger partial charge >= 0.3 is 5.97 Å². The number of aliphatic carboxylic acids is 1. The van der Waals surface area contributed by atoms with E-state index in [2.05, 4.69) is 0 Å². The molecule has 174 valence electrons. The van der Waals surface area contributed by atoms with Crippen molar-refractivity contribution in [2.45, 2.75) is 51.2 Å². The molecule has 0 saturated carbocycles. The van der Waals surface area contributed by atoms with Crippen LogP contribution in [-0.2, 0) is 20.9 Å². The van der Waals surface area contributed by atoms with Gasteiger partial charge in [0.25, 0.3) is 0 Å². The molecule has 5 N–H and O–H groups in total. The Morgan fingerprint density at radius 1 is 1.00 bits per heavy atom. The first kappa shape index (κ1) is 24.1. The molecule has 5 unspecified atom stereocenters. The van der Waals surface area contributed by atoms with E-state index in [1.165, 1.54) is 0 Å². The lowest BCUT2D eigenvalue weighted by atomic mass is 9.98. The Kier molecular flexibility index (Phi) is 7.83. The van der Waals surface area contributed by atoms with Crippen LogP contribution in [0.25, 0.3) is 11.1 Å². The van der Waals surface area contributed by atoms with Gasteiger partial charge in [0.15, 0.2) is 12.9 Å². The van der Waals surface area contributed by atoms with E-state index >= 15 is 0 Å². The van der Waals surface area contributed by atoms with Crippen LogP contribution in [0.3, 0.4) is 0 Å². The van der Waals surface area contributed by atoms with Crippen LogP contribution in [0, 0.1) is 13.8 Å². The summed E-state index contributed by atoms with van der Waals surface area (Å²) in [5, 5.41) is 48.0. The van der Waals surface area contributed by atoms with Gasteiger partial charge in [-0.05, 0) is 59.9 Å². The fourth-order valence-electron chi connectivity index (χ4n) is 3.70. The summed E-state index contributed by atoms with van der Waals surface area (Å²) in [6, 6.07) is 11.3. The molecule has 0 spiro atoms. The monoisotopic (exact) mass is 448 g/mol. The zero-order chi connectivity index (χ0) is 23.4. The molecule has 0 radical (unpaired) electrons. The van der Waals surface area contributed by atoms with E-state index in [9.17, 15) is 25.2 Å². The molecule has 32 heavy (non-hydrogen) atoms. The third-order valence-corrected chi connectivity index (χ3v) is 5.32. The molecule has 0 aliphatic carbocycles. The highest BCUT2D eigenvalue weighted by atomic mass is 16.7. The largest absolute Gasteiger partial charge is 0.481 e. The number of carbonyl (C=O) groups is 1. The van der Waals surface area contributed by atoms with Gasteiger partial charge in [-0.3, -0.25) is 0 Å². The Morgan fingerprint density at radius 2 is 1.69 bits per heavy atom. The lowest BCUT2D eigenvalue weighted by molar-refractivity contribution is -0.304. The highest BCUT2D eigenvalue weighted by molar-refractivity contribution is 5.70. The third-order valence-electron chi connectivity index (χ3n) is 5.32. The van der Waals surface area contributed by atoms with Crippen molar-refractivity contribution >= 4 is 5.97 Å². The predicted molar refractivity (Wildman–Crippen MR) is 113 cm³/mol. The molecule has 1 fully saturated rings. The molecule has 9 heteroatoms. The standard InChI is InChI=1S/C23H28O9/c1-12-6-16(7-13(2)22(12)30-11-18(25)26)15-5-3-4-14(8-15)10-31-23-21(29)20(28)19(27)17(9-24)32-23/h3-8,17,19-21,23-24,27-29H,9-11H2,1-2H3,(H,25,26). The van der Waals surface area contributed by atoms with Gasteiger partial charge in [0.2, 0.25) is 0 Å². The van der Waals surface area contributed by atoms with Crippen molar-refractivity contribution in [1.29, 1.82) is 0 Å². The Bertz CT molecular complexity index is 920. The van der Waals surface area contributed by atoms with Crippen molar-refractivity contribution in [3.05, 3.63) is 53.1 Å². The van der Waals surface area contributed by atoms with E-state index in [0.717, 1.165) is 27.8 Å². The SMILES string of the molecule is Cc1cc(-c2cccc(COC3OC(CO)C(O)C(O)C3O)c2)cc(C)c1OCC(=O)O. The van der Waals surface area contributed by atoms with Gasteiger partial charge in [-0.2, -0.15) is 0 Å². The highest BCUT2D eigenvalue weighted by Gasteiger charge is 2.43. The number of carboxylic acid groups (broad SMARTS) is 1. The molecule has 0 aromatic heterocycles. The van der Waals surface area contributed by atoms with Crippen LogP contribution in [0.5, 0.6) is 5.75 Å². The number of hydrogen-bond acceptors (Lipinski definition) is 8. The molecule has 3 rings (SSSR count). The molecular formula is C23H28O9. The smallest absolute Gasteiger partial charge is 0.341 e. The molecule has 2 aromatic rings. The summed E-state index contributed by atoms with van der Waals surface area (Å²) in [4.78, 5) is 10.8. The third kappa shape index (κ3) is 5.44. The number of benzene rings is 2. The second kappa shape index (κ2) is 10.4. The number of carboxylic acids is 1. The quantitative estimate of drug-likeness (QED) is 0.395. The average molecular weight is 448 g/mol. The Hall–Kier alpha value is -2.53. The van der Waals surface area contributed by atoms with E-state index in [4.69, 9.17) is 19.3 Å². The average Bonchev–Trinajstić information content (AvgIpc) is 2.76. The highest BCUT2D eigenvalue weighted by Crippen LogP contribution is 2.31. The minimum Gasteiger partial charge on any atom is -0.481 e. The van der Waals surface area contributed by atoms with Gasteiger partial charge < -0.3 is 39.7 Å². The molecule has 2 aromatic carbocycles. The molecule has 0 bridgehead atoms. The first-order valence-electron chi connectivity index (χ1n) is 10.2. The number of rotatable bonds is 8. The van der Waals surface area contributed by atoms with Crippen molar-refractivity contribution in [2.24, 2.45) is 0 Å². The normalized spacial score (nSPS) is 25.5. The van der Waals surface area contributed by atoms with Gasteiger partial charge in [0.05, 0.1) is 13.2 Å². The molecular weight excluding hydrogens is 420 g/mol. The van der Waals surface area contributed by atoms with Crippen molar-refractivity contribution in [1.82, 2.24) is 0 Å². The van der Waals surface area contributed by atoms with Crippen LogP contribution in [0.2, 0.25) is 0 Å². The summed E-state index contributed by atoms with van der Waals surface area (Å²) in [5.74, 6) is -0.502. The summed E-state index contributed by atoms with van der Waals surface area (Å²) < 4.78 is 16.4. The summed E-state index contributed by atoms with van der Waals surface area (Å²) in [6.45, 7) is 2.82. The maximum absolute atomic E-state index is 10.8. The van der Waals surface area contributed by atoms with Crippen LogP contribution in [-0.4, -0.2) is 75.4 Å². The van der Waals surface area contributed by atoms with E-state index in [-0.39, 0.29) is 6.61 Å². The molecule has 5 atom stereocenters. The van der Waals surface area contributed by atoms with Crippen molar-refractivity contribution in [2.75, 3.05) is 13.2 Å². The lowest BCUT2D eigenvalue weighted by Crippen LogP contribution is -2.59. The summed E-state index contributed by atoms with van der Waals surface area (Å²) in [6.07, 6.45) is -6.63. The van der Waals surface area contributed by atoms with Crippen molar-refractivity contribution < 1.29 is 44.5 Å². The lowest BCUT2D eigenvalue weighted by Gasteiger charge is -2.39. The van der Waals surface area contributed by atoms with E-state index in [0.29, 0.717) is 5.75 Å².